The lowest BCUT2D eigenvalue weighted by Gasteiger charge is -2.25. The zero-order valence-corrected chi connectivity index (χ0v) is 15.3. The van der Waals surface area contributed by atoms with Gasteiger partial charge in [-0.25, -0.2) is 0 Å². The Hall–Kier alpha value is -1.24. The number of thiophene rings is 1. The molecule has 6 heteroatoms. The van der Waals surface area contributed by atoms with Crippen molar-refractivity contribution in [3.05, 3.63) is 21.4 Å². The van der Waals surface area contributed by atoms with Crippen LogP contribution in [0.2, 0.25) is 0 Å². The van der Waals surface area contributed by atoms with Gasteiger partial charge in [0.2, 0.25) is 0 Å². The largest absolute Gasteiger partial charge is 0.466 e. The van der Waals surface area contributed by atoms with Gasteiger partial charge < -0.3 is 9.47 Å². The van der Waals surface area contributed by atoms with Crippen molar-refractivity contribution in [2.75, 3.05) is 32.9 Å². The molecule has 130 valence electrons. The summed E-state index contributed by atoms with van der Waals surface area (Å²) in [5.41, 5.74) is 0.649. The molecule has 5 nitrogen and oxygen atoms in total. The van der Waals surface area contributed by atoms with Crippen LogP contribution in [0.4, 0.5) is 0 Å². The quantitative estimate of drug-likeness (QED) is 0.452. The minimum Gasteiger partial charge on any atom is -0.466 e. The van der Waals surface area contributed by atoms with Crippen molar-refractivity contribution in [1.29, 1.82) is 0 Å². The van der Waals surface area contributed by atoms with E-state index in [1.54, 1.807) is 18.3 Å². The number of esters is 1. The topological polar surface area (TPSA) is 55.8 Å². The molecule has 2 heterocycles. The maximum atomic E-state index is 12.1. The number of carbonyl (C=O) groups is 2. The van der Waals surface area contributed by atoms with E-state index in [4.69, 9.17) is 9.47 Å². The van der Waals surface area contributed by atoms with Crippen LogP contribution in [-0.4, -0.2) is 49.6 Å². The zero-order valence-electron chi connectivity index (χ0n) is 14.5. The molecule has 0 atom stereocenters. The van der Waals surface area contributed by atoms with E-state index in [-0.39, 0.29) is 12.2 Å². The standard InChI is InChI=1S/C15H21NO4S.C2H6/c1-3-20-15(18)9-14(17)13-8-12(21-11(13)2)10-16-4-6-19-7-5-16;1-2/h8H,3-7,9-10H2,1-2H3;1-2H3. The summed E-state index contributed by atoms with van der Waals surface area (Å²) in [6, 6.07) is 1.91. The Morgan fingerprint density at radius 2 is 1.96 bits per heavy atom. The molecular weight excluding hydrogens is 314 g/mol. The summed E-state index contributed by atoms with van der Waals surface area (Å²) >= 11 is 1.62. The van der Waals surface area contributed by atoms with Gasteiger partial charge in [0.25, 0.3) is 0 Å². The number of ketones is 1. The first kappa shape index (κ1) is 19.8. The van der Waals surface area contributed by atoms with Crippen LogP contribution >= 0.6 is 11.3 Å². The van der Waals surface area contributed by atoms with Crippen molar-refractivity contribution in [1.82, 2.24) is 4.90 Å². The van der Waals surface area contributed by atoms with Gasteiger partial charge in [-0.1, -0.05) is 13.8 Å². The molecule has 0 amide bonds. The van der Waals surface area contributed by atoms with Crippen molar-refractivity contribution < 1.29 is 19.1 Å². The Bertz CT molecular complexity index is 507. The molecule has 0 aliphatic carbocycles. The highest BCUT2D eigenvalue weighted by Gasteiger charge is 2.19. The number of Topliss-reactive ketones (excluding diaryl/α,β-unsaturated/α-hetero) is 1. The van der Waals surface area contributed by atoms with Crippen LogP contribution in [0.25, 0.3) is 0 Å². The molecule has 1 aromatic rings. The first-order valence-electron chi connectivity index (χ1n) is 8.18. The maximum absolute atomic E-state index is 12.1. The Balaban J connectivity index is 0.00000127. The molecular formula is C17H27NO4S. The Morgan fingerprint density at radius 1 is 1.30 bits per heavy atom. The lowest BCUT2D eigenvalue weighted by atomic mass is 10.1. The third kappa shape index (κ3) is 6.41. The van der Waals surface area contributed by atoms with E-state index >= 15 is 0 Å². The van der Waals surface area contributed by atoms with Crippen LogP contribution in [0, 0.1) is 6.92 Å². The van der Waals surface area contributed by atoms with E-state index in [0.717, 1.165) is 42.6 Å². The first-order valence-corrected chi connectivity index (χ1v) is 9.00. The highest BCUT2D eigenvalue weighted by molar-refractivity contribution is 7.12. The number of rotatable bonds is 6. The highest BCUT2D eigenvalue weighted by atomic mass is 32.1. The van der Waals surface area contributed by atoms with E-state index in [1.807, 2.05) is 26.8 Å². The summed E-state index contributed by atoms with van der Waals surface area (Å²) < 4.78 is 10.2. The number of hydrogen-bond donors (Lipinski definition) is 0. The Kier molecular flexibility index (Phi) is 9.06. The molecule has 1 aliphatic heterocycles. The lowest BCUT2D eigenvalue weighted by Crippen LogP contribution is -2.35. The first-order chi connectivity index (χ1) is 11.1. The minimum absolute atomic E-state index is 0.157. The summed E-state index contributed by atoms with van der Waals surface area (Å²) in [5, 5.41) is 0. The second-order valence-corrected chi connectivity index (χ2v) is 6.32. The molecule has 1 aliphatic rings. The molecule has 1 saturated heterocycles. The van der Waals surface area contributed by atoms with Crippen molar-refractivity contribution in [3.8, 4) is 0 Å². The number of hydrogen-bond acceptors (Lipinski definition) is 6. The second-order valence-electron chi connectivity index (χ2n) is 4.98. The number of aryl methyl sites for hydroxylation is 1. The maximum Gasteiger partial charge on any atom is 0.313 e. The molecule has 1 fully saturated rings. The molecule has 1 aromatic heterocycles. The smallest absolute Gasteiger partial charge is 0.313 e. The molecule has 0 N–H and O–H groups in total. The van der Waals surface area contributed by atoms with Crippen molar-refractivity contribution in [3.63, 3.8) is 0 Å². The summed E-state index contributed by atoms with van der Waals surface area (Å²) in [5.74, 6) is -0.613. The second kappa shape index (κ2) is 10.5. The van der Waals surface area contributed by atoms with E-state index in [9.17, 15) is 9.59 Å². The monoisotopic (exact) mass is 341 g/mol. The molecule has 0 bridgehead atoms. The van der Waals surface area contributed by atoms with Crippen molar-refractivity contribution in [2.45, 2.75) is 40.7 Å². The van der Waals surface area contributed by atoms with Gasteiger partial charge in [-0.3, -0.25) is 14.5 Å². The molecule has 0 spiro atoms. The Labute approximate surface area is 142 Å². The van der Waals surface area contributed by atoms with E-state index < -0.39 is 5.97 Å². The van der Waals surface area contributed by atoms with Crippen LogP contribution in [0.1, 0.15) is 47.3 Å². The zero-order chi connectivity index (χ0) is 17.2. The fourth-order valence-electron chi connectivity index (χ4n) is 2.32. The van der Waals surface area contributed by atoms with E-state index in [0.29, 0.717) is 12.2 Å². The van der Waals surface area contributed by atoms with Gasteiger partial charge in [0.1, 0.15) is 6.42 Å². The minimum atomic E-state index is -0.456. The van der Waals surface area contributed by atoms with Gasteiger partial charge in [0.15, 0.2) is 5.78 Å². The van der Waals surface area contributed by atoms with Gasteiger partial charge in [-0.2, -0.15) is 0 Å². The average Bonchev–Trinajstić information content (AvgIpc) is 2.91. The van der Waals surface area contributed by atoms with Crippen molar-refractivity contribution in [2.24, 2.45) is 0 Å². The van der Waals surface area contributed by atoms with Gasteiger partial charge >= 0.3 is 5.97 Å². The molecule has 0 saturated carbocycles. The molecule has 0 aromatic carbocycles. The van der Waals surface area contributed by atoms with Crippen LogP contribution in [0.3, 0.4) is 0 Å². The molecule has 0 unspecified atom stereocenters. The third-order valence-electron chi connectivity index (χ3n) is 3.36. The van der Waals surface area contributed by atoms with Gasteiger partial charge in [0, 0.05) is 35.0 Å². The summed E-state index contributed by atoms with van der Waals surface area (Å²) in [4.78, 5) is 28.0. The predicted molar refractivity (Wildman–Crippen MR) is 92.1 cm³/mol. The summed E-state index contributed by atoms with van der Waals surface area (Å²) in [6.45, 7) is 12.2. The number of nitrogens with zero attached hydrogens (tertiary/aromatic N) is 1. The van der Waals surface area contributed by atoms with Crippen LogP contribution in [0.5, 0.6) is 0 Å². The lowest BCUT2D eigenvalue weighted by molar-refractivity contribution is -0.141. The normalized spacial score (nSPS) is 14.8. The number of morpholine rings is 1. The van der Waals surface area contributed by atoms with Crippen LogP contribution in [0.15, 0.2) is 6.07 Å². The average molecular weight is 341 g/mol. The summed E-state index contributed by atoms with van der Waals surface area (Å²) in [7, 11) is 0. The van der Waals surface area contributed by atoms with E-state index in [1.165, 1.54) is 0 Å². The summed E-state index contributed by atoms with van der Waals surface area (Å²) in [6.07, 6.45) is -0.178. The highest BCUT2D eigenvalue weighted by Crippen LogP contribution is 2.24. The molecule has 23 heavy (non-hydrogen) atoms. The number of ether oxygens (including phenoxy) is 2. The fourth-order valence-corrected chi connectivity index (χ4v) is 3.42. The number of carbonyl (C=O) groups excluding carboxylic acids is 2. The molecule has 2 rings (SSSR count). The third-order valence-corrected chi connectivity index (χ3v) is 4.40. The van der Waals surface area contributed by atoms with E-state index in [2.05, 4.69) is 4.90 Å². The van der Waals surface area contributed by atoms with Gasteiger partial charge in [0.05, 0.1) is 19.8 Å². The van der Waals surface area contributed by atoms with Gasteiger partial charge in [-0.15, -0.1) is 11.3 Å². The fraction of sp³-hybridized carbons (Fsp3) is 0.647. The predicted octanol–water partition coefficient (Wildman–Crippen LogP) is 3.05. The molecule has 0 radical (unpaired) electrons. The van der Waals surface area contributed by atoms with Gasteiger partial charge in [-0.05, 0) is 19.9 Å². The van der Waals surface area contributed by atoms with Crippen molar-refractivity contribution >= 4 is 23.1 Å². The SMILES string of the molecule is CC.CCOC(=O)CC(=O)c1cc(CN2CCOCC2)sc1C. The van der Waals surface area contributed by atoms with Crippen LogP contribution in [-0.2, 0) is 20.8 Å². The van der Waals surface area contributed by atoms with Crippen LogP contribution < -0.4 is 0 Å². The Morgan fingerprint density at radius 3 is 2.57 bits per heavy atom.